The largest absolute Gasteiger partial charge is 0.491 e. The SMILES string of the molecule is COC(=O)CC(=O)C12CC(NC(=O)Cn3nc(C(C)C)c(OCC(C)C)cc3=O)(C1)C2. The van der Waals surface area contributed by atoms with Gasteiger partial charge >= 0.3 is 5.97 Å². The first-order chi connectivity index (χ1) is 14.5. The molecule has 31 heavy (non-hydrogen) atoms. The van der Waals surface area contributed by atoms with Gasteiger partial charge in [-0.15, -0.1) is 0 Å². The zero-order valence-electron chi connectivity index (χ0n) is 18.8. The number of ether oxygens (including phenoxy) is 2. The van der Waals surface area contributed by atoms with Crippen molar-refractivity contribution in [3.8, 4) is 5.75 Å². The summed E-state index contributed by atoms with van der Waals surface area (Å²) in [7, 11) is 1.25. The smallest absolute Gasteiger partial charge is 0.313 e. The minimum atomic E-state index is -0.542. The number of methoxy groups -OCH3 is 1. The molecular formula is C22H31N3O6. The van der Waals surface area contributed by atoms with E-state index in [1.165, 1.54) is 13.2 Å². The van der Waals surface area contributed by atoms with Gasteiger partial charge in [0, 0.05) is 22.9 Å². The van der Waals surface area contributed by atoms with Gasteiger partial charge in [0.15, 0.2) is 0 Å². The number of carbonyl (C=O) groups is 3. The highest BCUT2D eigenvalue weighted by Gasteiger charge is 2.71. The third kappa shape index (κ3) is 4.65. The van der Waals surface area contributed by atoms with E-state index in [2.05, 4.69) is 15.2 Å². The zero-order valence-corrected chi connectivity index (χ0v) is 18.8. The first kappa shape index (κ1) is 23.0. The number of amides is 1. The molecule has 0 atom stereocenters. The standard InChI is InChI=1S/C22H31N3O6/c1-13(2)9-31-15-6-18(28)25(24-20(15)14(3)4)8-17(27)23-22-10-21(11-22,12-22)16(26)7-19(29)30-5/h6,13-14H,7-12H2,1-5H3,(H,23,27). The lowest BCUT2D eigenvalue weighted by Gasteiger charge is -2.69. The molecule has 3 aliphatic carbocycles. The molecule has 1 amide bonds. The van der Waals surface area contributed by atoms with Gasteiger partial charge in [-0.3, -0.25) is 19.2 Å². The van der Waals surface area contributed by atoms with Gasteiger partial charge in [0.25, 0.3) is 5.56 Å². The van der Waals surface area contributed by atoms with Crippen LogP contribution in [0.25, 0.3) is 0 Å². The van der Waals surface area contributed by atoms with Gasteiger partial charge in [-0.25, -0.2) is 4.68 Å². The molecule has 2 bridgehead atoms. The van der Waals surface area contributed by atoms with E-state index < -0.39 is 22.5 Å². The highest BCUT2D eigenvalue weighted by atomic mass is 16.5. The second-order valence-electron chi connectivity index (χ2n) is 9.56. The molecular weight excluding hydrogens is 402 g/mol. The van der Waals surface area contributed by atoms with E-state index in [0.717, 1.165) is 4.68 Å². The Morgan fingerprint density at radius 2 is 1.84 bits per heavy atom. The lowest BCUT2D eigenvalue weighted by atomic mass is 9.38. The van der Waals surface area contributed by atoms with Crippen molar-refractivity contribution in [3.63, 3.8) is 0 Å². The van der Waals surface area contributed by atoms with Crippen LogP contribution in [0.1, 0.15) is 65.0 Å². The molecule has 9 heteroatoms. The molecule has 0 aliphatic heterocycles. The molecule has 0 aromatic carbocycles. The van der Waals surface area contributed by atoms with Crippen molar-refractivity contribution in [2.24, 2.45) is 11.3 Å². The van der Waals surface area contributed by atoms with Gasteiger partial charge in [0.1, 0.15) is 30.2 Å². The monoisotopic (exact) mass is 433 g/mol. The summed E-state index contributed by atoms with van der Waals surface area (Å²) in [5.41, 5.74) is -0.712. The van der Waals surface area contributed by atoms with Gasteiger partial charge in [-0.05, 0) is 25.2 Å². The summed E-state index contributed by atoms with van der Waals surface area (Å²) in [5, 5.41) is 7.32. The maximum Gasteiger partial charge on any atom is 0.313 e. The quantitative estimate of drug-likeness (QED) is 0.440. The first-order valence-corrected chi connectivity index (χ1v) is 10.7. The Balaban J connectivity index is 1.61. The minimum Gasteiger partial charge on any atom is -0.491 e. The van der Waals surface area contributed by atoms with Crippen molar-refractivity contribution in [1.29, 1.82) is 0 Å². The number of Topliss-reactive ketones (excluding diaryl/α,β-unsaturated/α-hetero) is 1. The maximum absolute atomic E-state index is 12.6. The van der Waals surface area contributed by atoms with Crippen molar-refractivity contribution in [3.05, 3.63) is 22.1 Å². The van der Waals surface area contributed by atoms with E-state index >= 15 is 0 Å². The van der Waals surface area contributed by atoms with Gasteiger partial charge in [-0.2, -0.15) is 5.10 Å². The number of aromatic nitrogens is 2. The van der Waals surface area contributed by atoms with Gasteiger partial charge in [0.05, 0.1) is 13.7 Å². The highest BCUT2D eigenvalue weighted by molar-refractivity contribution is 6.01. The lowest BCUT2D eigenvalue weighted by Crippen LogP contribution is -2.77. The Labute approximate surface area is 181 Å². The summed E-state index contributed by atoms with van der Waals surface area (Å²) in [6.07, 6.45) is 1.32. The van der Waals surface area contributed by atoms with E-state index in [1.807, 2.05) is 27.7 Å². The van der Waals surface area contributed by atoms with Crippen LogP contribution in [0.2, 0.25) is 0 Å². The topological polar surface area (TPSA) is 117 Å². The summed E-state index contributed by atoms with van der Waals surface area (Å²) in [6.45, 7) is 8.22. The number of carbonyl (C=O) groups excluding carboxylic acids is 3. The second kappa shape index (κ2) is 8.43. The Kier molecular flexibility index (Phi) is 6.25. The molecule has 1 aromatic rings. The zero-order chi connectivity index (χ0) is 23.0. The Morgan fingerprint density at radius 3 is 2.39 bits per heavy atom. The molecule has 1 N–H and O–H groups in total. The van der Waals surface area contributed by atoms with Crippen molar-refractivity contribution in [2.75, 3.05) is 13.7 Å². The summed E-state index contributed by atoms with van der Waals surface area (Å²) in [6, 6.07) is 1.39. The van der Waals surface area contributed by atoms with Crippen LogP contribution in [-0.4, -0.2) is 46.7 Å². The number of rotatable bonds is 10. The number of esters is 1. The average Bonchev–Trinajstić information content (AvgIpc) is 2.62. The molecule has 0 saturated heterocycles. The lowest BCUT2D eigenvalue weighted by molar-refractivity contribution is -0.183. The highest BCUT2D eigenvalue weighted by Crippen LogP contribution is 2.67. The van der Waals surface area contributed by atoms with Crippen molar-refractivity contribution in [1.82, 2.24) is 15.1 Å². The first-order valence-electron chi connectivity index (χ1n) is 10.7. The summed E-state index contributed by atoms with van der Waals surface area (Å²) < 4.78 is 11.4. The fourth-order valence-electron chi connectivity index (χ4n) is 4.45. The fourth-order valence-corrected chi connectivity index (χ4v) is 4.45. The molecule has 0 spiro atoms. The Bertz CT molecular complexity index is 929. The van der Waals surface area contributed by atoms with Crippen LogP contribution in [-0.2, 0) is 25.7 Å². The normalized spacial score (nSPS) is 23.7. The maximum atomic E-state index is 12.6. The van der Waals surface area contributed by atoms with Gasteiger partial charge in [-0.1, -0.05) is 27.7 Å². The Morgan fingerprint density at radius 1 is 1.19 bits per heavy atom. The van der Waals surface area contributed by atoms with E-state index in [0.29, 0.717) is 43.2 Å². The summed E-state index contributed by atoms with van der Waals surface area (Å²) in [5.74, 6) is -0.212. The van der Waals surface area contributed by atoms with E-state index in [4.69, 9.17) is 4.74 Å². The third-order valence-electron chi connectivity index (χ3n) is 5.96. The van der Waals surface area contributed by atoms with Crippen LogP contribution in [0, 0.1) is 11.3 Å². The molecule has 1 heterocycles. The van der Waals surface area contributed by atoms with Crippen molar-refractivity contribution >= 4 is 17.7 Å². The van der Waals surface area contributed by atoms with Crippen LogP contribution in [0.3, 0.4) is 0 Å². The van der Waals surface area contributed by atoms with Crippen LogP contribution < -0.4 is 15.6 Å². The molecule has 0 radical (unpaired) electrons. The summed E-state index contributed by atoms with van der Waals surface area (Å²) >= 11 is 0. The van der Waals surface area contributed by atoms with Crippen molar-refractivity contribution < 1.29 is 23.9 Å². The predicted molar refractivity (Wildman–Crippen MR) is 112 cm³/mol. The van der Waals surface area contributed by atoms with Crippen LogP contribution in [0.15, 0.2) is 10.9 Å². The van der Waals surface area contributed by atoms with Crippen LogP contribution in [0.5, 0.6) is 5.75 Å². The number of ketones is 1. The van der Waals surface area contributed by atoms with E-state index in [1.54, 1.807) is 0 Å². The molecule has 0 unspecified atom stereocenters. The number of hydrogen-bond donors (Lipinski definition) is 1. The molecule has 1 aromatic heterocycles. The fraction of sp³-hybridized carbons (Fsp3) is 0.682. The molecule has 9 nitrogen and oxygen atoms in total. The molecule has 3 saturated carbocycles. The van der Waals surface area contributed by atoms with Crippen LogP contribution >= 0.6 is 0 Å². The van der Waals surface area contributed by atoms with E-state index in [-0.39, 0.29) is 30.6 Å². The Hall–Kier alpha value is -2.71. The minimum absolute atomic E-state index is 0.0235. The average molecular weight is 434 g/mol. The molecule has 3 fully saturated rings. The molecule has 4 rings (SSSR count). The number of nitrogens with one attached hydrogen (secondary N) is 1. The number of hydrogen-bond acceptors (Lipinski definition) is 7. The van der Waals surface area contributed by atoms with Gasteiger partial charge in [0.2, 0.25) is 5.91 Å². The van der Waals surface area contributed by atoms with E-state index in [9.17, 15) is 19.2 Å². The predicted octanol–water partition coefficient (Wildman–Crippen LogP) is 1.57. The summed E-state index contributed by atoms with van der Waals surface area (Å²) in [4.78, 5) is 48.7. The number of nitrogens with zero attached hydrogens (tertiary/aromatic N) is 2. The second-order valence-corrected chi connectivity index (χ2v) is 9.56. The van der Waals surface area contributed by atoms with Crippen LogP contribution in [0.4, 0.5) is 0 Å². The third-order valence-corrected chi connectivity index (χ3v) is 5.96. The van der Waals surface area contributed by atoms with Gasteiger partial charge < -0.3 is 14.8 Å². The van der Waals surface area contributed by atoms with Crippen molar-refractivity contribution in [2.45, 2.75) is 71.4 Å². The molecule has 3 aliphatic rings. The molecule has 170 valence electrons.